The molecule has 0 saturated heterocycles. The van der Waals surface area contributed by atoms with E-state index in [2.05, 4.69) is 41.8 Å². The number of aryl methyl sites for hydroxylation is 2. The largest absolute Gasteiger partial charge is 0.355 e. The summed E-state index contributed by atoms with van der Waals surface area (Å²) in [7, 11) is 1.97. The van der Waals surface area contributed by atoms with E-state index in [1.165, 1.54) is 24.0 Å². The summed E-state index contributed by atoms with van der Waals surface area (Å²) in [6.45, 7) is 3.91. The molecule has 3 heteroatoms. The van der Waals surface area contributed by atoms with Gasteiger partial charge in [-0.05, 0) is 38.8 Å². The molecule has 1 aromatic carbocycles. The van der Waals surface area contributed by atoms with Crippen molar-refractivity contribution in [2.24, 2.45) is 5.41 Å². The molecule has 3 nitrogen and oxygen atoms in total. The Kier molecular flexibility index (Phi) is 4.59. The summed E-state index contributed by atoms with van der Waals surface area (Å²) in [5.41, 5.74) is 2.84. The van der Waals surface area contributed by atoms with Crippen LogP contribution in [-0.2, 0) is 11.2 Å². The zero-order valence-electron chi connectivity index (χ0n) is 12.0. The van der Waals surface area contributed by atoms with Gasteiger partial charge in [0.1, 0.15) is 0 Å². The summed E-state index contributed by atoms with van der Waals surface area (Å²) in [6.07, 6.45) is 3.86. The molecule has 104 valence electrons. The second-order valence-corrected chi connectivity index (χ2v) is 5.80. The highest BCUT2D eigenvalue weighted by atomic mass is 16.1. The Morgan fingerprint density at radius 2 is 2.11 bits per heavy atom. The van der Waals surface area contributed by atoms with E-state index in [1.807, 2.05) is 7.05 Å². The van der Waals surface area contributed by atoms with Gasteiger partial charge in [-0.15, -0.1) is 0 Å². The maximum Gasteiger partial charge on any atom is 0.220 e. The van der Waals surface area contributed by atoms with Crippen molar-refractivity contribution in [3.05, 3.63) is 35.4 Å². The molecule has 0 heterocycles. The fourth-order valence-electron chi connectivity index (χ4n) is 2.47. The fraction of sp³-hybridized carbons (Fsp3) is 0.562. The smallest absolute Gasteiger partial charge is 0.220 e. The predicted octanol–water partition coefficient (Wildman–Crippen LogP) is 2.04. The van der Waals surface area contributed by atoms with E-state index in [1.54, 1.807) is 0 Å². The number of carbonyl (C=O) groups excluding carboxylic acids is 1. The van der Waals surface area contributed by atoms with Crippen molar-refractivity contribution in [2.75, 3.05) is 20.1 Å². The lowest BCUT2D eigenvalue weighted by Crippen LogP contribution is -2.34. The lowest BCUT2D eigenvalue weighted by atomic mass is 10.1. The topological polar surface area (TPSA) is 41.1 Å². The lowest BCUT2D eigenvalue weighted by molar-refractivity contribution is -0.121. The first-order chi connectivity index (χ1) is 9.13. The summed E-state index contributed by atoms with van der Waals surface area (Å²) >= 11 is 0. The number of amides is 1. The van der Waals surface area contributed by atoms with E-state index in [0.717, 1.165) is 19.5 Å². The molecule has 1 aromatic rings. The standard InChI is InChI=1S/C16H24N2O/c1-13-4-3-5-14(10-13)6-7-15(19)18-12-16(8-9-16)11-17-2/h3-5,10,17H,6-9,11-12H2,1-2H3,(H,18,19). The summed E-state index contributed by atoms with van der Waals surface area (Å²) in [6, 6.07) is 8.37. The average Bonchev–Trinajstić information content (AvgIpc) is 3.15. The van der Waals surface area contributed by atoms with E-state index in [4.69, 9.17) is 0 Å². The highest BCUT2D eigenvalue weighted by Crippen LogP contribution is 2.44. The molecule has 0 radical (unpaired) electrons. The molecule has 0 aromatic heterocycles. The van der Waals surface area contributed by atoms with Crippen LogP contribution in [0.2, 0.25) is 0 Å². The van der Waals surface area contributed by atoms with Crippen LogP contribution in [0.5, 0.6) is 0 Å². The molecule has 0 bridgehead atoms. The summed E-state index contributed by atoms with van der Waals surface area (Å²) in [5.74, 6) is 0.170. The molecule has 2 rings (SSSR count). The molecule has 0 unspecified atom stereocenters. The molecule has 1 fully saturated rings. The lowest BCUT2D eigenvalue weighted by Gasteiger charge is -2.15. The molecule has 19 heavy (non-hydrogen) atoms. The van der Waals surface area contributed by atoms with E-state index >= 15 is 0 Å². The second kappa shape index (κ2) is 6.20. The van der Waals surface area contributed by atoms with Crippen LogP contribution in [0.4, 0.5) is 0 Å². The van der Waals surface area contributed by atoms with Crippen LogP contribution in [0.3, 0.4) is 0 Å². The molecular weight excluding hydrogens is 236 g/mol. The van der Waals surface area contributed by atoms with Crippen molar-refractivity contribution in [1.82, 2.24) is 10.6 Å². The number of nitrogens with one attached hydrogen (secondary N) is 2. The fourth-order valence-corrected chi connectivity index (χ4v) is 2.47. The molecule has 2 N–H and O–H groups in total. The van der Waals surface area contributed by atoms with Crippen LogP contribution >= 0.6 is 0 Å². The Hall–Kier alpha value is -1.35. The van der Waals surface area contributed by atoms with Crippen molar-refractivity contribution in [2.45, 2.75) is 32.6 Å². The zero-order chi connectivity index (χ0) is 13.7. The molecular formula is C16H24N2O. The third kappa shape index (κ3) is 4.35. The Morgan fingerprint density at radius 1 is 1.32 bits per heavy atom. The third-order valence-electron chi connectivity index (χ3n) is 3.89. The maximum absolute atomic E-state index is 11.8. The number of carbonyl (C=O) groups is 1. The van der Waals surface area contributed by atoms with E-state index in [9.17, 15) is 4.79 Å². The average molecular weight is 260 g/mol. The molecule has 1 aliphatic carbocycles. The number of benzene rings is 1. The Balaban J connectivity index is 1.70. The number of hydrogen-bond acceptors (Lipinski definition) is 2. The van der Waals surface area contributed by atoms with Crippen molar-refractivity contribution < 1.29 is 4.79 Å². The van der Waals surface area contributed by atoms with Crippen molar-refractivity contribution in [3.8, 4) is 0 Å². The first kappa shape index (κ1) is 14.1. The van der Waals surface area contributed by atoms with E-state index in [-0.39, 0.29) is 5.91 Å². The van der Waals surface area contributed by atoms with E-state index in [0.29, 0.717) is 11.8 Å². The van der Waals surface area contributed by atoms with Crippen LogP contribution in [0.15, 0.2) is 24.3 Å². The SMILES string of the molecule is CNCC1(CNC(=O)CCc2cccc(C)c2)CC1. The van der Waals surface area contributed by atoms with Crippen LogP contribution in [0.25, 0.3) is 0 Å². The molecule has 1 saturated carbocycles. The van der Waals surface area contributed by atoms with Crippen molar-refractivity contribution in [3.63, 3.8) is 0 Å². The minimum absolute atomic E-state index is 0.170. The monoisotopic (exact) mass is 260 g/mol. The molecule has 0 atom stereocenters. The second-order valence-electron chi connectivity index (χ2n) is 5.80. The Labute approximate surface area is 115 Å². The van der Waals surface area contributed by atoms with Crippen LogP contribution in [-0.4, -0.2) is 26.0 Å². The Morgan fingerprint density at radius 3 is 2.74 bits per heavy atom. The van der Waals surface area contributed by atoms with Gasteiger partial charge in [0, 0.05) is 24.9 Å². The van der Waals surface area contributed by atoms with Crippen LogP contribution in [0, 0.1) is 12.3 Å². The van der Waals surface area contributed by atoms with Gasteiger partial charge >= 0.3 is 0 Å². The van der Waals surface area contributed by atoms with Gasteiger partial charge in [-0.1, -0.05) is 29.8 Å². The van der Waals surface area contributed by atoms with Crippen molar-refractivity contribution >= 4 is 5.91 Å². The first-order valence-corrected chi connectivity index (χ1v) is 7.10. The van der Waals surface area contributed by atoms with Gasteiger partial charge in [0.05, 0.1) is 0 Å². The third-order valence-corrected chi connectivity index (χ3v) is 3.89. The number of rotatable bonds is 7. The molecule has 1 amide bonds. The maximum atomic E-state index is 11.8. The van der Waals surface area contributed by atoms with Gasteiger partial charge in [-0.25, -0.2) is 0 Å². The van der Waals surface area contributed by atoms with Gasteiger partial charge < -0.3 is 10.6 Å². The first-order valence-electron chi connectivity index (χ1n) is 7.10. The van der Waals surface area contributed by atoms with Gasteiger partial charge in [0.25, 0.3) is 0 Å². The van der Waals surface area contributed by atoms with E-state index < -0.39 is 0 Å². The highest BCUT2D eigenvalue weighted by molar-refractivity contribution is 5.76. The molecule has 0 aliphatic heterocycles. The van der Waals surface area contributed by atoms with Gasteiger partial charge in [0.15, 0.2) is 0 Å². The minimum atomic E-state index is 0.170. The summed E-state index contributed by atoms with van der Waals surface area (Å²) in [5, 5.41) is 6.28. The zero-order valence-corrected chi connectivity index (χ0v) is 12.0. The van der Waals surface area contributed by atoms with Gasteiger partial charge in [-0.3, -0.25) is 4.79 Å². The van der Waals surface area contributed by atoms with Crippen molar-refractivity contribution in [1.29, 1.82) is 0 Å². The molecule has 1 aliphatic rings. The normalized spacial score (nSPS) is 16.1. The van der Waals surface area contributed by atoms with Gasteiger partial charge in [0.2, 0.25) is 5.91 Å². The van der Waals surface area contributed by atoms with Gasteiger partial charge in [-0.2, -0.15) is 0 Å². The Bertz CT molecular complexity index is 438. The molecule has 0 spiro atoms. The highest BCUT2D eigenvalue weighted by Gasteiger charge is 2.41. The summed E-state index contributed by atoms with van der Waals surface area (Å²) < 4.78 is 0. The van der Waals surface area contributed by atoms with Crippen LogP contribution < -0.4 is 10.6 Å². The quantitative estimate of drug-likeness (QED) is 0.788. The minimum Gasteiger partial charge on any atom is -0.355 e. The number of hydrogen-bond donors (Lipinski definition) is 2. The van der Waals surface area contributed by atoms with Crippen LogP contribution in [0.1, 0.15) is 30.4 Å². The predicted molar refractivity (Wildman–Crippen MR) is 78.1 cm³/mol. The summed E-state index contributed by atoms with van der Waals surface area (Å²) in [4.78, 5) is 11.8.